The maximum atomic E-state index is 12.8. The molecule has 0 heterocycles. The third-order valence-corrected chi connectivity index (χ3v) is 12.4. The van der Waals surface area contributed by atoms with Crippen molar-refractivity contribution < 1.29 is 23.8 Å². The first-order chi connectivity index (χ1) is 33.6. The molecule has 0 aliphatic rings. The van der Waals surface area contributed by atoms with Crippen LogP contribution in [-0.2, 0) is 23.8 Å². The van der Waals surface area contributed by atoms with Gasteiger partial charge in [-0.05, 0) is 83.5 Å². The number of allylic oxidation sites excluding steroid dienone is 14. The van der Waals surface area contributed by atoms with Crippen molar-refractivity contribution in [3.63, 3.8) is 0 Å². The normalized spacial score (nSPS) is 12.8. The van der Waals surface area contributed by atoms with Crippen molar-refractivity contribution in [1.82, 2.24) is 0 Å². The average Bonchev–Trinajstić information content (AvgIpc) is 3.34. The van der Waals surface area contributed by atoms with Gasteiger partial charge in [-0.3, -0.25) is 9.59 Å². The highest BCUT2D eigenvalue weighted by atomic mass is 16.6. The fourth-order valence-electron chi connectivity index (χ4n) is 8.12. The van der Waals surface area contributed by atoms with Crippen molar-refractivity contribution in [2.45, 2.75) is 284 Å². The van der Waals surface area contributed by atoms with Crippen LogP contribution in [0.15, 0.2) is 85.1 Å². The second-order valence-corrected chi connectivity index (χ2v) is 19.2. The number of hydrogen-bond donors (Lipinski definition) is 0. The predicted molar refractivity (Wildman–Crippen MR) is 297 cm³/mol. The second-order valence-electron chi connectivity index (χ2n) is 19.2. The number of carbonyl (C=O) groups excluding carboxylic acids is 2. The molecular formula is C63H110O5. The van der Waals surface area contributed by atoms with E-state index in [9.17, 15) is 9.59 Å². The summed E-state index contributed by atoms with van der Waals surface area (Å²) in [7, 11) is 0. The van der Waals surface area contributed by atoms with Crippen LogP contribution in [0.25, 0.3) is 0 Å². The van der Waals surface area contributed by atoms with Gasteiger partial charge in [0.1, 0.15) is 6.61 Å². The van der Waals surface area contributed by atoms with Crippen molar-refractivity contribution in [2.75, 3.05) is 19.8 Å². The van der Waals surface area contributed by atoms with Crippen molar-refractivity contribution in [2.24, 2.45) is 0 Å². The largest absolute Gasteiger partial charge is 0.462 e. The van der Waals surface area contributed by atoms with Crippen LogP contribution in [0.5, 0.6) is 0 Å². The van der Waals surface area contributed by atoms with E-state index in [1.54, 1.807) is 0 Å². The van der Waals surface area contributed by atoms with Crippen molar-refractivity contribution in [3.05, 3.63) is 85.1 Å². The molecule has 0 radical (unpaired) electrons. The fourth-order valence-corrected chi connectivity index (χ4v) is 8.12. The summed E-state index contributed by atoms with van der Waals surface area (Å²) in [6.45, 7) is 7.66. The SMILES string of the molecule is CC/C=C\C/C=C\C/C=C\C/C=C\C/C=C\C/C=C\CCC(=O)OCC(COCCCCCCCCCCCC/C=C\CCCCCCCC)OC(=O)CCCCCCCCCCCCCCC. The molecule has 0 aliphatic heterocycles. The summed E-state index contributed by atoms with van der Waals surface area (Å²) < 4.78 is 17.4. The Morgan fingerprint density at radius 3 is 1.12 bits per heavy atom. The molecule has 392 valence electrons. The van der Waals surface area contributed by atoms with Crippen LogP contribution < -0.4 is 0 Å². The Morgan fingerprint density at radius 1 is 0.338 bits per heavy atom. The molecule has 0 rings (SSSR count). The van der Waals surface area contributed by atoms with E-state index in [1.165, 1.54) is 173 Å². The zero-order chi connectivity index (χ0) is 49.2. The van der Waals surface area contributed by atoms with Gasteiger partial charge in [0.05, 0.1) is 6.61 Å². The van der Waals surface area contributed by atoms with Gasteiger partial charge in [-0.2, -0.15) is 0 Å². The number of carbonyl (C=O) groups is 2. The Balaban J connectivity index is 4.34. The average molecular weight is 948 g/mol. The Labute approximate surface area is 422 Å². The summed E-state index contributed by atoms with van der Waals surface area (Å²) in [6.07, 6.45) is 77.6. The smallest absolute Gasteiger partial charge is 0.306 e. The lowest BCUT2D eigenvalue weighted by molar-refractivity contribution is -0.162. The molecule has 0 fully saturated rings. The molecular weight excluding hydrogens is 837 g/mol. The standard InChI is InChI=1S/C63H110O5/c1-4-7-10-13-16-19-22-25-27-29-31-33-35-37-40-43-46-49-52-55-58-66-59-61(68-63(65)57-54-51-48-45-42-38-24-21-18-15-12-9-6-3)60-67-62(64)56-53-50-47-44-41-39-36-34-32-30-28-26-23-20-17-14-11-8-5-2/h8,11,17,20,25-28,32,34,39,41,47,50,61H,4-7,9-10,12-16,18-19,21-24,29-31,33,35-38,40,42-46,48-49,51-60H2,1-3H3/b11-8-,20-17-,27-25-,28-26-,34-32-,41-39-,50-47-. The minimum absolute atomic E-state index is 0.0445. The minimum Gasteiger partial charge on any atom is -0.462 e. The zero-order valence-corrected chi connectivity index (χ0v) is 45.1. The molecule has 0 aliphatic carbocycles. The molecule has 0 saturated carbocycles. The van der Waals surface area contributed by atoms with Crippen LogP contribution in [0, 0.1) is 0 Å². The molecule has 0 amide bonds. The molecule has 0 N–H and O–H groups in total. The molecule has 68 heavy (non-hydrogen) atoms. The quantitative estimate of drug-likeness (QED) is 0.0345. The van der Waals surface area contributed by atoms with Gasteiger partial charge < -0.3 is 14.2 Å². The van der Waals surface area contributed by atoms with Gasteiger partial charge in [-0.25, -0.2) is 0 Å². The first-order valence-electron chi connectivity index (χ1n) is 29.1. The van der Waals surface area contributed by atoms with E-state index in [-0.39, 0.29) is 25.2 Å². The first-order valence-corrected chi connectivity index (χ1v) is 29.1. The van der Waals surface area contributed by atoms with Crippen LogP contribution in [0.3, 0.4) is 0 Å². The highest BCUT2D eigenvalue weighted by Crippen LogP contribution is 2.15. The summed E-state index contributed by atoms with van der Waals surface area (Å²) in [5.74, 6) is -0.486. The van der Waals surface area contributed by atoms with E-state index in [2.05, 4.69) is 99.8 Å². The van der Waals surface area contributed by atoms with Crippen LogP contribution in [0.4, 0.5) is 0 Å². The Bertz CT molecular complexity index is 1250. The maximum absolute atomic E-state index is 12.8. The van der Waals surface area contributed by atoms with E-state index >= 15 is 0 Å². The lowest BCUT2D eigenvalue weighted by Gasteiger charge is -2.18. The van der Waals surface area contributed by atoms with E-state index in [0.29, 0.717) is 25.9 Å². The topological polar surface area (TPSA) is 61.8 Å². The summed E-state index contributed by atoms with van der Waals surface area (Å²) in [5.41, 5.74) is 0. The highest BCUT2D eigenvalue weighted by molar-refractivity contribution is 5.70. The first kappa shape index (κ1) is 65.1. The molecule has 5 heteroatoms. The number of ether oxygens (including phenoxy) is 3. The molecule has 0 aromatic rings. The van der Waals surface area contributed by atoms with Gasteiger partial charge >= 0.3 is 11.9 Å². The third-order valence-electron chi connectivity index (χ3n) is 12.4. The molecule has 0 saturated heterocycles. The summed E-state index contributed by atoms with van der Waals surface area (Å²) >= 11 is 0. The summed E-state index contributed by atoms with van der Waals surface area (Å²) in [5, 5.41) is 0. The summed E-state index contributed by atoms with van der Waals surface area (Å²) in [4.78, 5) is 25.5. The summed E-state index contributed by atoms with van der Waals surface area (Å²) in [6, 6.07) is 0. The third kappa shape index (κ3) is 55.7. The Hall–Kier alpha value is -2.92. The van der Waals surface area contributed by atoms with E-state index in [0.717, 1.165) is 64.2 Å². The predicted octanol–water partition coefficient (Wildman–Crippen LogP) is 20.0. The molecule has 1 atom stereocenters. The number of unbranched alkanes of at least 4 members (excludes halogenated alkanes) is 28. The van der Waals surface area contributed by atoms with Gasteiger partial charge in [0, 0.05) is 19.4 Å². The van der Waals surface area contributed by atoms with E-state index in [4.69, 9.17) is 14.2 Å². The Kier molecular flexibility index (Phi) is 55.9. The number of esters is 2. The van der Waals surface area contributed by atoms with Gasteiger partial charge in [-0.1, -0.05) is 266 Å². The lowest BCUT2D eigenvalue weighted by atomic mass is 10.0. The van der Waals surface area contributed by atoms with Gasteiger partial charge in [0.25, 0.3) is 0 Å². The van der Waals surface area contributed by atoms with E-state index in [1.807, 2.05) is 6.08 Å². The molecule has 0 aromatic heterocycles. The van der Waals surface area contributed by atoms with Crippen molar-refractivity contribution >= 4 is 11.9 Å². The van der Waals surface area contributed by atoms with Crippen molar-refractivity contribution in [1.29, 1.82) is 0 Å². The van der Waals surface area contributed by atoms with Crippen LogP contribution in [0.2, 0.25) is 0 Å². The Morgan fingerprint density at radius 2 is 0.691 bits per heavy atom. The highest BCUT2D eigenvalue weighted by Gasteiger charge is 2.17. The minimum atomic E-state index is -0.569. The van der Waals surface area contributed by atoms with Gasteiger partial charge in [0.15, 0.2) is 6.10 Å². The lowest BCUT2D eigenvalue weighted by Crippen LogP contribution is -2.30. The molecule has 0 aromatic carbocycles. The molecule has 0 bridgehead atoms. The molecule has 5 nitrogen and oxygen atoms in total. The van der Waals surface area contributed by atoms with E-state index < -0.39 is 6.10 Å². The van der Waals surface area contributed by atoms with Crippen LogP contribution >= 0.6 is 0 Å². The number of hydrogen-bond acceptors (Lipinski definition) is 5. The van der Waals surface area contributed by atoms with Crippen LogP contribution in [-0.4, -0.2) is 37.9 Å². The second kappa shape index (κ2) is 58.4. The van der Waals surface area contributed by atoms with Gasteiger partial charge in [0.2, 0.25) is 0 Å². The zero-order valence-electron chi connectivity index (χ0n) is 45.1. The number of rotatable bonds is 53. The molecule has 1 unspecified atom stereocenters. The van der Waals surface area contributed by atoms with Crippen LogP contribution in [0.1, 0.15) is 278 Å². The maximum Gasteiger partial charge on any atom is 0.306 e. The van der Waals surface area contributed by atoms with Gasteiger partial charge in [-0.15, -0.1) is 0 Å². The van der Waals surface area contributed by atoms with Crippen molar-refractivity contribution in [3.8, 4) is 0 Å². The fraction of sp³-hybridized carbons (Fsp3) is 0.746. The monoisotopic (exact) mass is 947 g/mol. The molecule has 0 spiro atoms.